The van der Waals surface area contributed by atoms with Gasteiger partial charge in [0.25, 0.3) is 5.91 Å². The highest BCUT2D eigenvalue weighted by molar-refractivity contribution is 7.89. The average molecular weight is 370 g/mol. The van der Waals surface area contributed by atoms with Crippen molar-refractivity contribution in [2.24, 2.45) is 0 Å². The lowest BCUT2D eigenvalue weighted by atomic mass is 10.1. The molecule has 2 rings (SSSR count). The van der Waals surface area contributed by atoms with Gasteiger partial charge in [0.2, 0.25) is 10.0 Å². The molecule has 1 heterocycles. The van der Waals surface area contributed by atoms with E-state index in [0.717, 1.165) is 10.7 Å². The summed E-state index contributed by atoms with van der Waals surface area (Å²) in [5.41, 5.74) is 0.906. The van der Waals surface area contributed by atoms with Gasteiger partial charge in [-0.3, -0.25) is 4.79 Å². The third-order valence-corrected chi connectivity index (χ3v) is 6.13. The summed E-state index contributed by atoms with van der Waals surface area (Å²) in [5.74, 6) is -1.01. The van der Waals surface area contributed by atoms with Crippen LogP contribution in [0.3, 0.4) is 0 Å². The first-order valence-corrected chi connectivity index (χ1v) is 9.69. The van der Waals surface area contributed by atoms with Gasteiger partial charge in [-0.15, -0.1) is 0 Å². The third-order valence-electron chi connectivity index (χ3n) is 4.18. The fourth-order valence-corrected chi connectivity index (χ4v) is 3.69. The van der Waals surface area contributed by atoms with Crippen molar-refractivity contribution < 1.29 is 22.7 Å². The standard InChI is InChI=1S/C17H26N2O5S/c1-13-6-7-14(12-15(13)25(21,22)19(3)4)16(20)18-9-8-17(2)23-10-5-11-24-17/h6-7,12H,5,8-11H2,1-4H3,(H,18,20). The van der Waals surface area contributed by atoms with Gasteiger partial charge < -0.3 is 14.8 Å². The van der Waals surface area contributed by atoms with E-state index in [1.54, 1.807) is 19.1 Å². The second-order valence-corrected chi connectivity index (χ2v) is 8.58. The van der Waals surface area contributed by atoms with E-state index < -0.39 is 15.8 Å². The zero-order valence-corrected chi connectivity index (χ0v) is 16.0. The maximum absolute atomic E-state index is 12.4. The second kappa shape index (κ2) is 7.82. The number of amides is 1. The maximum Gasteiger partial charge on any atom is 0.251 e. The lowest BCUT2D eigenvalue weighted by Gasteiger charge is -2.33. The van der Waals surface area contributed by atoms with Crippen LogP contribution >= 0.6 is 0 Å². The fraction of sp³-hybridized carbons (Fsp3) is 0.588. The van der Waals surface area contributed by atoms with Crippen LogP contribution in [-0.4, -0.2) is 58.3 Å². The van der Waals surface area contributed by atoms with Crippen molar-refractivity contribution in [1.29, 1.82) is 0 Å². The van der Waals surface area contributed by atoms with E-state index in [4.69, 9.17) is 9.47 Å². The molecule has 8 heteroatoms. The summed E-state index contributed by atoms with van der Waals surface area (Å²) in [6.07, 6.45) is 1.39. The molecule has 1 saturated heterocycles. The molecular formula is C17H26N2O5S. The molecular weight excluding hydrogens is 344 g/mol. The molecule has 140 valence electrons. The number of aryl methyl sites for hydroxylation is 1. The Morgan fingerprint density at radius 3 is 2.52 bits per heavy atom. The number of hydrogen-bond acceptors (Lipinski definition) is 5. The summed E-state index contributed by atoms with van der Waals surface area (Å²) in [7, 11) is -0.668. The van der Waals surface area contributed by atoms with Crippen LogP contribution in [0.4, 0.5) is 0 Å². The summed E-state index contributed by atoms with van der Waals surface area (Å²) in [6, 6.07) is 4.67. The number of hydrogen-bond donors (Lipinski definition) is 1. The number of benzene rings is 1. The molecule has 0 aliphatic carbocycles. The zero-order chi connectivity index (χ0) is 18.7. The van der Waals surface area contributed by atoms with Crippen LogP contribution in [-0.2, 0) is 19.5 Å². The van der Waals surface area contributed by atoms with Crippen LogP contribution in [0.25, 0.3) is 0 Å². The molecule has 1 aliphatic rings. The molecule has 0 radical (unpaired) electrons. The number of rotatable bonds is 6. The molecule has 1 amide bonds. The van der Waals surface area contributed by atoms with Crippen molar-refractivity contribution in [3.63, 3.8) is 0 Å². The topological polar surface area (TPSA) is 84.9 Å². The smallest absolute Gasteiger partial charge is 0.251 e. The van der Waals surface area contributed by atoms with Gasteiger partial charge in [-0.1, -0.05) is 6.07 Å². The van der Waals surface area contributed by atoms with Crippen LogP contribution in [0.15, 0.2) is 23.1 Å². The maximum atomic E-state index is 12.4. The first-order valence-electron chi connectivity index (χ1n) is 8.25. The second-order valence-electron chi connectivity index (χ2n) is 6.46. The number of sulfonamides is 1. The van der Waals surface area contributed by atoms with Crippen LogP contribution in [0.1, 0.15) is 35.7 Å². The van der Waals surface area contributed by atoms with Gasteiger partial charge in [-0.25, -0.2) is 12.7 Å². The predicted molar refractivity (Wildman–Crippen MR) is 93.9 cm³/mol. The Balaban J connectivity index is 2.05. The minimum absolute atomic E-state index is 0.135. The molecule has 1 aliphatic heterocycles. The van der Waals surface area contributed by atoms with Gasteiger partial charge in [-0.05, 0) is 38.0 Å². The zero-order valence-electron chi connectivity index (χ0n) is 15.2. The molecule has 0 atom stereocenters. The highest BCUT2D eigenvalue weighted by Gasteiger charge is 2.28. The number of carbonyl (C=O) groups excluding carboxylic acids is 1. The first-order chi connectivity index (χ1) is 11.7. The molecule has 0 unspecified atom stereocenters. The molecule has 1 aromatic rings. The van der Waals surface area contributed by atoms with Crippen LogP contribution in [0.2, 0.25) is 0 Å². The van der Waals surface area contributed by atoms with Gasteiger partial charge in [0, 0.05) is 32.6 Å². The van der Waals surface area contributed by atoms with Crippen molar-refractivity contribution in [3.05, 3.63) is 29.3 Å². The van der Waals surface area contributed by atoms with Gasteiger partial charge in [0.15, 0.2) is 5.79 Å². The highest BCUT2D eigenvalue weighted by atomic mass is 32.2. The molecule has 1 fully saturated rings. The molecule has 1 N–H and O–H groups in total. The van der Waals surface area contributed by atoms with E-state index in [1.807, 2.05) is 6.92 Å². The van der Waals surface area contributed by atoms with Crippen LogP contribution < -0.4 is 5.32 Å². The Bertz CT molecular complexity index is 725. The third kappa shape index (κ3) is 4.78. The number of nitrogens with one attached hydrogen (secondary N) is 1. The van der Waals surface area contributed by atoms with Crippen molar-refractivity contribution >= 4 is 15.9 Å². The van der Waals surface area contributed by atoms with E-state index in [1.165, 1.54) is 20.2 Å². The van der Waals surface area contributed by atoms with E-state index in [-0.39, 0.29) is 10.8 Å². The Morgan fingerprint density at radius 1 is 1.28 bits per heavy atom. The Labute approximate surface area is 149 Å². The quantitative estimate of drug-likeness (QED) is 0.821. The summed E-state index contributed by atoms with van der Waals surface area (Å²) in [5, 5.41) is 2.79. The van der Waals surface area contributed by atoms with Crippen molar-refractivity contribution in [2.45, 2.75) is 37.4 Å². The summed E-state index contributed by atoms with van der Waals surface area (Å²) < 4.78 is 37.0. The number of ether oxygens (including phenoxy) is 2. The van der Waals surface area contributed by atoms with Crippen molar-refractivity contribution in [1.82, 2.24) is 9.62 Å². The molecule has 0 saturated carbocycles. The minimum atomic E-state index is -3.60. The monoisotopic (exact) mass is 370 g/mol. The predicted octanol–water partition coefficient (Wildman–Crippen LogP) is 1.52. The average Bonchev–Trinajstić information content (AvgIpc) is 2.55. The first kappa shape index (κ1) is 19.8. The van der Waals surface area contributed by atoms with Gasteiger partial charge in [-0.2, -0.15) is 0 Å². The van der Waals surface area contributed by atoms with Gasteiger partial charge in [0.1, 0.15) is 0 Å². The Hall–Kier alpha value is -1.48. The minimum Gasteiger partial charge on any atom is -0.352 e. The summed E-state index contributed by atoms with van der Waals surface area (Å²) in [4.78, 5) is 12.5. The van der Waals surface area contributed by atoms with E-state index in [0.29, 0.717) is 37.3 Å². The van der Waals surface area contributed by atoms with E-state index in [2.05, 4.69) is 5.32 Å². The van der Waals surface area contributed by atoms with Crippen LogP contribution in [0.5, 0.6) is 0 Å². The SMILES string of the molecule is Cc1ccc(C(=O)NCCC2(C)OCCCO2)cc1S(=O)(=O)N(C)C. The van der Waals surface area contributed by atoms with Gasteiger partial charge in [0.05, 0.1) is 18.1 Å². The van der Waals surface area contributed by atoms with Crippen molar-refractivity contribution in [2.75, 3.05) is 33.9 Å². The normalized spacial score (nSPS) is 17.5. The van der Waals surface area contributed by atoms with Crippen LogP contribution in [0, 0.1) is 6.92 Å². The van der Waals surface area contributed by atoms with Gasteiger partial charge >= 0.3 is 0 Å². The molecule has 0 aromatic heterocycles. The largest absolute Gasteiger partial charge is 0.352 e. The number of nitrogens with zero attached hydrogens (tertiary/aromatic N) is 1. The lowest BCUT2D eigenvalue weighted by molar-refractivity contribution is -0.257. The van der Waals surface area contributed by atoms with Crippen molar-refractivity contribution in [3.8, 4) is 0 Å². The number of carbonyl (C=O) groups is 1. The molecule has 0 spiro atoms. The molecule has 7 nitrogen and oxygen atoms in total. The molecule has 1 aromatic carbocycles. The highest BCUT2D eigenvalue weighted by Crippen LogP contribution is 2.22. The van der Waals surface area contributed by atoms with E-state index >= 15 is 0 Å². The lowest BCUT2D eigenvalue weighted by Crippen LogP contribution is -2.41. The van der Waals surface area contributed by atoms with E-state index in [9.17, 15) is 13.2 Å². The summed E-state index contributed by atoms with van der Waals surface area (Å²) >= 11 is 0. The Morgan fingerprint density at radius 2 is 1.92 bits per heavy atom. The Kier molecular flexibility index (Phi) is 6.21. The molecule has 25 heavy (non-hydrogen) atoms. The summed E-state index contributed by atoms with van der Waals surface area (Å²) in [6.45, 7) is 5.23. The fourth-order valence-electron chi connectivity index (χ4n) is 2.54. The molecule has 0 bridgehead atoms.